The Morgan fingerprint density at radius 3 is 2.28 bits per heavy atom. The van der Waals surface area contributed by atoms with Crippen LogP contribution in [-0.4, -0.2) is 46.9 Å². The second-order valence-electron chi connectivity index (χ2n) is 8.36. The first-order valence-electron chi connectivity index (χ1n) is 10.5. The molecule has 6 nitrogen and oxygen atoms in total. The Morgan fingerprint density at radius 1 is 1.14 bits per heavy atom. The molecule has 0 bridgehead atoms. The molecule has 0 saturated heterocycles. The summed E-state index contributed by atoms with van der Waals surface area (Å²) in [7, 11) is 5.74. The van der Waals surface area contributed by atoms with Gasteiger partial charge in [-0.15, -0.1) is 0 Å². The van der Waals surface area contributed by atoms with Gasteiger partial charge in [-0.1, -0.05) is 45.4 Å². The normalized spacial score (nSPS) is 12.6. The zero-order valence-electron chi connectivity index (χ0n) is 19.0. The fourth-order valence-corrected chi connectivity index (χ4v) is 3.67. The van der Waals surface area contributed by atoms with Gasteiger partial charge < -0.3 is 4.90 Å². The molecule has 1 amide bonds. The molecular weight excluding hydrogens is 364 g/mol. The van der Waals surface area contributed by atoms with Crippen molar-refractivity contribution in [3.05, 3.63) is 46.4 Å². The lowest BCUT2D eigenvalue weighted by Gasteiger charge is -2.31. The number of para-hydroxylation sites is 1. The number of benzene rings is 1. The maximum Gasteiger partial charge on any atom is 0.295 e. The SMILES string of the molecule is CCCCN(C(=O)C(CC(C)C)N(C)C)c1c(C)n(C)n(-c2ccccc2)c1=O. The average molecular weight is 401 g/mol. The summed E-state index contributed by atoms with van der Waals surface area (Å²) in [6, 6.07) is 9.31. The summed E-state index contributed by atoms with van der Waals surface area (Å²) >= 11 is 0. The summed E-state index contributed by atoms with van der Waals surface area (Å²) in [5, 5.41) is 0. The van der Waals surface area contributed by atoms with Gasteiger partial charge in [-0.2, -0.15) is 0 Å². The van der Waals surface area contributed by atoms with Crippen molar-refractivity contribution in [2.24, 2.45) is 13.0 Å². The van der Waals surface area contributed by atoms with Crippen molar-refractivity contribution in [1.29, 1.82) is 0 Å². The number of likely N-dealkylation sites (N-methyl/N-ethyl adjacent to an activating group) is 1. The Balaban J connectivity index is 2.58. The highest BCUT2D eigenvalue weighted by Crippen LogP contribution is 2.22. The maximum absolute atomic E-state index is 13.6. The Kier molecular flexibility index (Phi) is 7.85. The van der Waals surface area contributed by atoms with E-state index in [0.717, 1.165) is 30.6 Å². The van der Waals surface area contributed by atoms with Crippen LogP contribution in [0.3, 0.4) is 0 Å². The molecule has 6 heteroatoms. The molecule has 1 aromatic heterocycles. The molecule has 160 valence electrons. The van der Waals surface area contributed by atoms with E-state index in [0.29, 0.717) is 18.2 Å². The van der Waals surface area contributed by atoms with E-state index in [-0.39, 0.29) is 17.5 Å². The highest BCUT2D eigenvalue weighted by Gasteiger charge is 2.32. The van der Waals surface area contributed by atoms with Crippen molar-refractivity contribution < 1.29 is 4.79 Å². The Morgan fingerprint density at radius 2 is 1.76 bits per heavy atom. The highest BCUT2D eigenvalue weighted by atomic mass is 16.2. The number of nitrogens with zero attached hydrogens (tertiary/aromatic N) is 4. The monoisotopic (exact) mass is 400 g/mol. The highest BCUT2D eigenvalue weighted by molar-refractivity contribution is 5.97. The molecule has 1 heterocycles. The lowest BCUT2D eigenvalue weighted by atomic mass is 10.0. The number of amides is 1. The van der Waals surface area contributed by atoms with Crippen LogP contribution < -0.4 is 10.5 Å². The molecule has 0 radical (unpaired) electrons. The van der Waals surface area contributed by atoms with Crippen molar-refractivity contribution in [3.8, 4) is 5.69 Å². The van der Waals surface area contributed by atoms with Crippen LogP contribution in [0, 0.1) is 12.8 Å². The second kappa shape index (κ2) is 9.92. The first-order chi connectivity index (χ1) is 13.7. The van der Waals surface area contributed by atoms with Gasteiger partial charge in [0.2, 0.25) is 5.91 Å². The molecule has 1 aromatic carbocycles. The topological polar surface area (TPSA) is 50.5 Å². The van der Waals surface area contributed by atoms with Gasteiger partial charge in [0.25, 0.3) is 5.56 Å². The predicted octanol–water partition coefficient (Wildman–Crippen LogP) is 3.59. The van der Waals surface area contributed by atoms with E-state index in [1.807, 2.05) is 68.0 Å². The van der Waals surface area contributed by atoms with Gasteiger partial charge in [-0.25, -0.2) is 4.68 Å². The number of rotatable bonds is 9. The molecule has 1 atom stereocenters. The quantitative estimate of drug-likeness (QED) is 0.646. The fourth-order valence-electron chi connectivity index (χ4n) is 3.67. The third kappa shape index (κ3) is 4.99. The first kappa shape index (κ1) is 22.9. The summed E-state index contributed by atoms with van der Waals surface area (Å²) in [5.74, 6) is 0.389. The van der Waals surface area contributed by atoms with Crippen LogP contribution in [0.4, 0.5) is 5.69 Å². The third-order valence-corrected chi connectivity index (χ3v) is 5.40. The summed E-state index contributed by atoms with van der Waals surface area (Å²) in [5.41, 5.74) is 1.93. The predicted molar refractivity (Wildman–Crippen MR) is 120 cm³/mol. The number of hydrogen-bond acceptors (Lipinski definition) is 3. The van der Waals surface area contributed by atoms with E-state index < -0.39 is 0 Å². The van der Waals surface area contributed by atoms with E-state index in [4.69, 9.17) is 0 Å². The van der Waals surface area contributed by atoms with E-state index in [1.165, 1.54) is 0 Å². The summed E-state index contributed by atoms with van der Waals surface area (Å²) < 4.78 is 3.48. The zero-order valence-corrected chi connectivity index (χ0v) is 19.0. The van der Waals surface area contributed by atoms with Gasteiger partial charge in [-0.05, 0) is 51.9 Å². The van der Waals surface area contributed by atoms with Gasteiger partial charge in [0, 0.05) is 13.6 Å². The van der Waals surface area contributed by atoms with E-state index >= 15 is 0 Å². The molecule has 0 N–H and O–H groups in total. The standard InChI is InChI=1S/C23H36N4O2/c1-8-9-15-26(22(28)20(24(5)6)16-17(2)3)21-18(4)25(7)27(23(21)29)19-13-11-10-12-14-19/h10-14,17,20H,8-9,15-16H2,1-7H3. The van der Waals surface area contributed by atoms with Crippen molar-refractivity contribution >= 4 is 11.6 Å². The lowest BCUT2D eigenvalue weighted by molar-refractivity contribution is -0.123. The van der Waals surface area contributed by atoms with Gasteiger partial charge in [0.05, 0.1) is 17.4 Å². The molecule has 1 unspecified atom stereocenters. The van der Waals surface area contributed by atoms with Crippen LogP contribution in [0.5, 0.6) is 0 Å². The Labute approximate surface area is 174 Å². The van der Waals surface area contributed by atoms with Gasteiger partial charge >= 0.3 is 0 Å². The molecule has 0 aliphatic heterocycles. The molecule has 2 aromatic rings. The lowest BCUT2D eigenvalue weighted by Crippen LogP contribution is -2.48. The van der Waals surface area contributed by atoms with Crippen LogP contribution in [0.15, 0.2) is 35.1 Å². The molecule has 29 heavy (non-hydrogen) atoms. The molecular formula is C23H36N4O2. The molecule has 0 aliphatic rings. The van der Waals surface area contributed by atoms with Crippen LogP contribution in [0.1, 0.15) is 45.7 Å². The molecule has 2 rings (SSSR count). The summed E-state index contributed by atoms with van der Waals surface area (Å²) in [6.45, 7) is 8.80. The molecule has 0 saturated carbocycles. The first-order valence-corrected chi connectivity index (χ1v) is 10.5. The number of unbranched alkanes of at least 4 members (excludes halogenated alkanes) is 1. The fraction of sp³-hybridized carbons (Fsp3) is 0.565. The maximum atomic E-state index is 13.6. The summed E-state index contributed by atoms with van der Waals surface area (Å²) in [4.78, 5) is 30.8. The van der Waals surface area contributed by atoms with Crippen molar-refractivity contribution in [2.75, 3.05) is 25.5 Å². The van der Waals surface area contributed by atoms with Gasteiger partial charge in [0.15, 0.2) is 0 Å². The Hall–Kier alpha value is -2.34. The van der Waals surface area contributed by atoms with Gasteiger partial charge in [-0.3, -0.25) is 19.2 Å². The Bertz CT molecular complexity index is 865. The number of carbonyl (C=O) groups is 1. The molecule has 0 fully saturated rings. The minimum atomic E-state index is -0.254. The minimum absolute atomic E-state index is 0.00293. The number of carbonyl (C=O) groups excluding carboxylic acids is 1. The number of aromatic nitrogens is 2. The smallest absolute Gasteiger partial charge is 0.295 e. The number of hydrogen-bond donors (Lipinski definition) is 0. The van der Waals surface area contributed by atoms with Crippen LogP contribution >= 0.6 is 0 Å². The van der Waals surface area contributed by atoms with Crippen molar-refractivity contribution in [3.63, 3.8) is 0 Å². The van der Waals surface area contributed by atoms with E-state index in [1.54, 1.807) is 9.58 Å². The minimum Gasteiger partial charge on any atom is -0.305 e. The largest absolute Gasteiger partial charge is 0.305 e. The average Bonchev–Trinajstić information content (AvgIpc) is 2.90. The van der Waals surface area contributed by atoms with Crippen LogP contribution in [-0.2, 0) is 11.8 Å². The van der Waals surface area contributed by atoms with Crippen LogP contribution in [0.25, 0.3) is 5.69 Å². The van der Waals surface area contributed by atoms with E-state index in [2.05, 4.69) is 20.8 Å². The van der Waals surface area contributed by atoms with Gasteiger partial charge in [0.1, 0.15) is 5.69 Å². The van der Waals surface area contributed by atoms with Crippen molar-refractivity contribution in [1.82, 2.24) is 14.3 Å². The zero-order chi connectivity index (χ0) is 21.7. The number of anilines is 1. The third-order valence-electron chi connectivity index (χ3n) is 5.40. The van der Waals surface area contributed by atoms with Crippen molar-refractivity contribution in [2.45, 2.75) is 53.0 Å². The van der Waals surface area contributed by atoms with E-state index in [9.17, 15) is 9.59 Å². The molecule has 0 aliphatic carbocycles. The summed E-state index contributed by atoms with van der Waals surface area (Å²) in [6.07, 6.45) is 2.57. The molecule has 0 spiro atoms. The second-order valence-corrected chi connectivity index (χ2v) is 8.36. The van der Waals surface area contributed by atoms with Crippen LogP contribution in [0.2, 0.25) is 0 Å².